The van der Waals surface area contributed by atoms with E-state index in [0.29, 0.717) is 0 Å². The lowest BCUT2D eigenvalue weighted by Crippen LogP contribution is -2.41. The van der Waals surface area contributed by atoms with E-state index in [2.05, 4.69) is 387 Å². The maximum absolute atomic E-state index is 6.21. The van der Waals surface area contributed by atoms with Gasteiger partial charge in [-0.15, -0.1) is 0 Å². The summed E-state index contributed by atoms with van der Waals surface area (Å²) in [5.41, 5.74) is 25.0. The zero-order valence-corrected chi connectivity index (χ0v) is 57.9. The number of aryl methyl sites for hydroxylation is 2. The summed E-state index contributed by atoms with van der Waals surface area (Å²) >= 11 is 0. The minimum absolute atomic E-state index is 0.332. The van der Waals surface area contributed by atoms with E-state index < -0.39 is 0 Å². The average Bonchev–Trinajstić information content (AvgIpc) is 1.44. The Balaban J connectivity index is 0.000000139. The fourth-order valence-electron chi connectivity index (χ4n) is 14.6. The van der Waals surface area contributed by atoms with Gasteiger partial charge in [0, 0.05) is 22.2 Å². The molecule has 2 nitrogen and oxygen atoms in total. The summed E-state index contributed by atoms with van der Waals surface area (Å²) in [4.78, 5) is 0. The summed E-state index contributed by atoms with van der Waals surface area (Å²) in [6.45, 7) is 12.6. The first kappa shape index (κ1) is 63.9. The van der Waals surface area contributed by atoms with E-state index in [-0.39, 0.29) is 18.3 Å². The second-order valence-electron chi connectivity index (χ2n) is 27.9. The van der Waals surface area contributed by atoms with Crippen molar-refractivity contribution in [1.82, 2.24) is 0 Å². The SMILES string of the molecule is CC1(C)OB(c2cccc(-c3cccc(-c4ccccc4)c3)c2)OC1(C)C.Cc1ccc2c3c(c4ccc(C)cc4c2c1)C=C[C+]=C3.c1ccc(-c2cccc(-c3cccc(-c4ccc5c6ccccc6c6ccc(-c7cccc(-c8cccc(-c9ccccc9)c8)c7)cc6c5c4)c3)c2)cc1. The van der Waals surface area contributed by atoms with Crippen LogP contribution in [0.15, 0.2) is 340 Å². The standard InChI is InChI=1S/C54H36.C24H25BO2.C20H15/c1-3-13-37(14-4-1)39-17-9-19-41(31-39)43-21-11-23-45(33-43)47-27-29-51-49-25-7-8-26-50(49)52-30-28-48(36-54(52)53(51)35-47)46-24-12-22-44(34-46)42-20-10-18-40(32-42)38-15-5-2-6-16-38;1-23(2)24(3,4)27-25(26-23)22-15-9-14-21(17-22)20-13-8-12-19(16-20)18-10-6-5-7-11-18;1-13-7-9-17-15-5-3-4-6-16(15)18-10-8-14(2)12-20(18)19(17)11-13/h1-36H;5-17H,1-4H3;3,5-12H,1-2H3/q;;+1. The van der Waals surface area contributed by atoms with Crippen molar-refractivity contribution in [3.05, 3.63) is 368 Å². The predicted molar refractivity (Wildman–Crippen MR) is 432 cm³/mol. The smallest absolute Gasteiger partial charge is 0.399 e. The van der Waals surface area contributed by atoms with Crippen LogP contribution in [0, 0.1) is 19.9 Å². The quantitative estimate of drug-likeness (QED) is 0.0815. The molecule has 0 amide bonds. The normalized spacial score (nSPS) is 13.3. The third-order valence-electron chi connectivity index (χ3n) is 20.6. The summed E-state index contributed by atoms with van der Waals surface area (Å²) in [6.07, 6.45) is 9.50. The topological polar surface area (TPSA) is 18.5 Å². The van der Waals surface area contributed by atoms with E-state index in [1.54, 1.807) is 0 Å². The van der Waals surface area contributed by atoms with Crippen molar-refractivity contribution in [1.29, 1.82) is 0 Å². The molecule has 16 aromatic carbocycles. The molecule has 1 heterocycles. The highest BCUT2D eigenvalue weighted by atomic mass is 16.7. The molecule has 482 valence electrons. The number of benzene rings is 16. The summed E-state index contributed by atoms with van der Waals surface area (Å²) in [6, 6.07) is 121. The molecule has 0 atom stereocenters. The molecule has 0 spiro atoms. The molecule has 3 heteroatoms. The lowest BCUT2D eigenvalue weighted by Gasteiger charge is -2.32. The highest BCUT2D eigenvalue weighted by Crippen LogP contribution is 2.43. The third-order valence-corrected chi connectivity index (χ3v) is 20.6. The molecule has 1 saturated heterocycles. The Bertz CT molecular complexity index is 5560. The molecule has 2 aliphatic rings. The molecular formula is C98H76BO2+. The molecule has 0 bridgehead atoms. The largest absolute Gasteiger partial charge is 0.494 e. The van der Waals surface area contributed by atoms with Crippen LogP contribution in [0.1, 0.15) is 49.9 Å². The molecular weight excluding hydrogens is 1220 g/mol. The molecule has 16 aromatic rings. The van der Waals surface area contributed by atoms with E-state index in [1.807, 2.05) is 12.1 Å². The molecule has 0 unspecified atom stereocenters. The van der Waals surface area contributed by atoms with Gasteiger partial charge in [-0.25, -0.2) is 0 Å². The number of hydrogen-bond acceptors (Lipinski definition) is 2. The molecule has 1 fully saturated rings. The van der Waals surface area contributed by atoms with Crippen molar-refractivity contribution in [2.24, 2.45) is 0 Å². The second-order valence-corrected chi connectivity index (χ2v) is 27.9. The van der Waals surface area contributed by atoms with Gasteiger partial charge in [0.05, 0.1) is 17.3 Å². The van der Waals surface area contributed by atoms with Crippen molar-refractivity contribution in [2.75, 3.05) is 0 Å². The molecule has 1 aliphatic carbocycles. The average molecular weight is 1300 g/mol. The zero-order chi connectivity index (χ0) is 68.6. The van der Waals surface area contributed by atoms with E-state index >= 15 is 0 Å². The predicted octanol–water partition coefficient (Wildman–Crippen LogP) is 25.9. The van der Waals surface area contributed by atoms with Gasteiger partial charge in [0.25, 0.3) is 0 Å². The van der Waals surface area contributed by atoms with E-state index in [9.17, 15) is 0 Å². The fraction of sp³-hybridized carbons (Fsp3) is 0.0816. The van der Waals surface area contributed by atoms with Gasteiger partial charge in [-0.2, -0.15) is 0 Å². The number of hydrogen-bond donors (Lipinski definition) is 0. The van der Waals surface area contributed by atoms with Gasteiger partial charge in [-0.1, -0.05) is 290 Å². The maximum atomic E-state index is 6.21. The molecule has 0 radical (unpaired) electrons. The molecule has 0 saturated carbocycles. The van der Waals surface area contributed by atoms with E-state index in [0.717, 1.165) is 5.46 Å². The lowest BCUT2D eigenvalue weighted by atomic mass is 9.78. The lowest BCUT2D eigenvalue weighted by molar-refractivity contribution is 0.00578. The summed E-state index contributed by atoms with van der Waals surface area (Å²) in [5, 5.41) is 13.0. The van der Waals surface area contributed by atoms with Crippen LogP contribution >= 0.6 is 0 Å². The molecule has 101 heavy (non-hydrogen) atoms. The first-order valence-electron chi connectivity index (χ1n) is 35.1. The van der Waals surface area contributed by atoms with Crippen molar-refractivity contribution in [3.8, 4) is 89.0 Å². The molecule has 1 aliphatic heterocycles. The fourth-order valence-corrected chi connectivity index (χ4v) is 14.6. The van der Waals surface area contributed by atoms with Crippen LogP contribution < -0.4 is 5.46 Å². The van der Waals surface area contributed by atoms with Gasteiger partial charge in [-0.3, -0.25) is 0 Å². The molecule has 18 rings (SSSR count). The van der Waals surface area contributed by atoms with E-state index in [1.165, 1.54) is 165 Å². The van der Waals surface area contributed by atoms with Gasteiger partial charge >= 0.3 is 7.12 Å². The Labute approximate surface area is 594 Å². The van der Waals surface area contributed by atoms with Crippen molar-refractivity contribution in [3.63, 3.8) is 0 Å². The van der Waals surface area contributed by atoms with Gasteiger partial charge in [0.2, 0.25) is 0 Å². The van der Waals surface area contributed by atoms with Crippen LogP contribution in [0.25, 0.3) is 155 Å². The number of fused-ring (bicyclic) bond motifs is 12. The zero-order valence-electron chi connectivity index (χ0n) is 57.9. The van der Waals surface area contributed by atoms with Gasteiger partial charge in [-0.05, 0) is 228 Å². The monoisotopic (exact) mass is 1300 g/mol. The number of allylic oxidation sites excluding steroid dienone is 2. The highest BCUT2D eigenvalue weighted by molar-refractivity contribution is 6.62. The van der Waals surface area contributed by atoms with Crippen LogP contribution in [0.4, 0.5) is 0 Å². The Morgan fingerprint density at radius 1 is 0.238 bits per heavy atom. The van der Waals surface area contributed by atoms with Crippen LogP contribution in [-0.4, -0.2) is 18.3 Å². The van der Waals surface area contributed by atoms with Crippen molar-refractivity contribution in [2.45, 2.75) is 52.7 Å². The summed E-state index contributed by atoms with van der Waals surface area (Å²) in [5.74, 6) is 0. The first-order valence-corrected chi connectivity index (χ1v) is 35.1. The van der Waals surface area contributed by atoms with Gasteiger partial charge in [0.1, 0.15) is 23.3 Å². The van der Waals surface area contributed by atoms with Crippen molar-refractivity contribution >= 4 is 78.6 Å². The summed E-state index contributed by atoms with van der Waals surface area (Å²) < 4.78 is 12.4. The molecule has 0 aromatic heterocycles. The summed E-state index contributed by atoms with van der Waals surface area (Å²) in [7, 11) is -0.341. The minimum Gasteiger partial charge on any atom is -0.399 e. The Morgan fingerprint density at radius 3 is 0.911 bits per heavy atom. The molecule has 0 N–H and O–H groups in total. The second kappa shape index (κ2) is 27.1. The Hall–Kier alpha value is -11.8. The minimum atomic E-state index is -0.341. The first-order chi connectivity index (χ1) is 49.3. The highest BCUT2D eigenvalue weighted by Gasteiger charge is 2.51. The van der Waals surface area contributed by atoms with Crippen molar-refractivity contribution < 1.29 is 9.31 Å². The van der Waals surface area contributed by atoms with Gasteiger partial charge in [0.15, 0.2) is 0 Å². The van der Waals surface area contributed by atoms with Crippen LogP contribution in [0.3, 0.4) is 0 Å². The number of rotatable bonds is 9. The van der Waals surface area contributed by atoms with E-state index in [4.69, 9.17) is 9.31 Å². The third kappa shape index (κ3) is 12.9. The Kier molecular flexibility index (Phi) is 17.2. The van der Waals surface area contributed by atoms with Crippen LogP contribution in [-0.2, 0) is 9.31 Å². The Morgan fingerprint density at radius 2 is 0.525 bits per heavy atom. The maximum Gasteiger partial charge on any atom is 0.494 e. The van der Waals surface area contributed by atoms with Gasteiger partial charge < -0.3 is 9.31 Å². The van der Waals surface area contributed by atoms with Crippen LogP contribution in [0.5, 0.6) is 0 Å². The van der Waals surface area contributed by atoms with Crippen LogP contribution in [0.2, 0.25) is 0 Å².